The van der Waals surface area contributed by atoms with Crippen LogP contribution in [0, 0.1) is 5.92 Å². The maximum Gasteiger partial charge on any atom is 0.273 e. The Balaban J connectivity index is 1.90. The van der Waals surface area contributed by atoms with Crippen molar-refractivity contribution in [3.05, 3.63) is 65.7 Å². The Kier molecular flexibility index (Phi) is 7.76. The van der Waals surface area contributed by atoms with E-state index < -0.39 is 5.91 Å². The molecular weight excluding hydrogens is 362 g/mol. The summed E-state index contributed by atoms with van der Waals surface area (Å²) in [5.74, 6) is 0.0499. The highest BCUT2D eigenvalue weighted by molar-refractivity contribution is 7.80. The van der Waals surface area contributed by atoms with Gasteiger partial charge in [-0.2, -0.15) is 0 Å². The first-order valence-electron chi connectivity index (χ1n) is 8.61. The molecule has 0 saturated carbocycles. The van der Waals surface area contributed by atoms with Gasteiger partial charge in [-0.05, 0) is 35.8 Å². The number of hydrogen-bond donors (Lipinski definition) is 3. The van der Waals surface area contributed by atoms with Crippen LogP contribution >= 0.6 is 12.2 Å². The molecule has 0 heterocycles. The van der Waals surface area contributed by atoms with Gasteiger partial charge in [-0.25, -0.2) is 0 Å². The summed E-state index contributed by atoms with van der Waals surface area (Å²) in [6.07, 6.45) is 0.353. The van der Waals surface area contributed by atoms with E-state index in [9.17, 15) is 9.59 Å². The first-order valence-corrected chi connectivity index (χ1v) is 9.02. The molecule has 27 heavy (non-hydrogen) atoms. The molecular formula is C20H23N3O3S. The third kappa shape index (κ3) is 7.07. The van der Waals surface area contributed by atoms with Crippen molar-refractivity contribution in [1.29, 1.82) is 0 Å². The van der Waals surface area contributed by atoms with Crippen molar-refractivity contribution in [3.63, 3.8) is 0 Å². The second-order valence-corrected chi connectivity index (χ2v) is 6.73. The maximum absolute atomic E-state index is 12.4. The molecule has 2 amide bonds. The Morgan fingerprint density at radius 2 is 1.67 bits per heavy atom. The molecule has 0 atom stereocenters. The minimum absolute atomic E-state index is 0.0386. The normalized spacial score (nSPS) is 10.2. The molecule has 0 aliphatic rings. The number of carbonyl (C=O) groups is 2. The second kappa shape index (κ2) is 10.3. The molecule has 6 nitrogen and oxygen atoms in total. The van der Waals surface area contributed by atoms with Gasteiger partial charge in [0.25, 0.3) is 5.91 Å². The van der Waals surface area contributed by atoms with Gasteiger partial charge in [-0.15, -0.1) is 0 Å². The lowest BCUT2D eigenvalue weighted by Crippen LogP contribution is -2.48. The predicted octanol–water partition coefficient (Wildman–Crippen LogP) is 2.95. The van der Waals surface area contributed by atoms with Gasteiger partial charge in [0.2, 0.25) is 5.91 Å². The fourth-order valence-corrected chi connectivity index (χ4v) is 2.44. The molecule has 0 unspecified atom stereocenters. The lowest BCUT2D eigenvalue weighted by Gasteiger charge is -2.14. The Labute approximate surface area is 164 Å². The smallest absolute Gasteiger partial charge is 0.273 e. The van der Waals surface area contributed by atoms with E-state index in [4.69, 9.17) is 17.0 Å². The number of para-hydroxylation sites is 1. The number of nitrogens with one attached hydrogen (secondary N) is 3. The Bertz CT molecular complexity index is 794. The van der Waals surface area contributed by atoms with E-state index in [2.05, 4.69) is 16.2 Å². The monoisotopic (exact) mass is 385 g/mol. The van der Waals surface area contributed by atoms with Gasteiger partial charge >= 0.3 is 0 Å². The van der Waals surface area contributed by atoms with Gasteiger partial charge in [0.1, 0.15) is 12.4 Å². The number of amides is 2. The van der Waals surface area contributed by atoms with Crippen molar-refractivity contribution in [1.82, 2.24) is 16.2 Å². The van der Waals surface area contributed by atoms with Crippen molar-refractivity contribution in [2.24, 2.45) is 5.92 Å². The first-order chi connectivity index (χ1) is 13.0. The van der Waals surface area contributed by atoms with E-state index in [1.165, 1.54) is 0 Å². The van der Waals surface area contributed by atoms with Gasteiger partial charge < -0.3 is 10.1 Å². The van der Waals surface area contributed by atoms with Crippen molar-refractivity contribution >= 4 is 29.1 Å². The van der Waals surface area contributed by atoms with Crippen LogP contribution in [0.1, 0.15) is 36.2 Å². The molecule has 0 radical (unpaired) electrons. The number of benzene rings is 2. The first kappa shape index (κ1) is 20.4. The van der Waals surface area contributed by atoms with Gasteiger partial charge in [0.05, 0.1) is 5.56 Å². The van der Waals surface area contributed by atoms with E-state index in [-0.39, 0.29) is 16.9 Å². The molecule has 0 aliphatic heterocycles. The summed E-state index contributed by atoms with van der Waals surface area (Å²) >= 11 is 5.01. The van der Waals surface area contributed by atoms with Crippen molar-refractivity contribution < 1.29 is 14.3 Å². The van der Waals surface area contributed by atoms with Crippen LogP contribution < -0.4 is 20.9 Å². The number of rotatable bonds is 6. The van der Waals surface area contributed by atoms with Gasteiger partial charge in [-0.3, -0.25) is 20.4 Å². The zero-order chi connectivity index (χ0) is 19.6. The highest BCUT2D eigenvalue weighted by Gasteiger charge is 2.13. The molecule has 0 aliphatic carbocycles. The molecule has 142 valence electrons. The van der Waals surface area contributed by atoms with E-state index in [1.807, 2.05) is 44.2 Å². The Hall–Kier alpha value is -2.93. The Morgan fingerprint density at radius 1 is 1.00 bits per heavy atom. The summed E-state index contributed by atoms with van der Waals surface area (Å²) in [4.78, 5) is 24.1. The Morgan fingerprint density at radius 3 is 2.37 bits per heavy atom. The summed E-state index contributed by atoms with van der Waals surface area (Å²) in [5, 5.41) is 2.55. The highest BCUT2D eigenvalue weighted by Crippen LogP contribution is 2.19. The number of ether oxygens (including phenoxy) is 1. The van der Waals surface area contributed by atoms with Gasteiger partial charge in [0.15, 0.2) is 5.11 Å². The molecule has 0 aromatic heterocycles. The fraction of sp³-hybridized carbons (Fsp3) is 0.250. The van der Waals surface area contributed by atoms with Gasteiger partial charge in [-0.1, -0.05) is 56.3 Å². The van der Waals surface area contributed by atoms with Crippen molar-refractivity contribution in [2.75, 3.05) is 0 Å². The summed E-state index contributed by atoms with van der Waals surface area (Å²) in [6.45, 7) is 4.22. The number of carbonyl (C=O) groups excluding carboxylic acids is 2. The summed E-state index contributed by atoms with van der Waals surface area (Å²) in [7, 11) is 0. The molecule has 3 N–H and O–H groups in total. The van der Waals surface area contributed by atoms with E-state index in [0.717, 1.165) is 5.56 Å². The second-order valence-electron chi connectivity index (χ2n) is 6.32. The van der Waals surface area contributed by atoms with Crippen LogP contribution in [-0.2, 0) is 11.4 Å². The van der Waals surface area contributed by atoms with Crippen LogP contribution in [0.5, 0.6) is 5.75 Å². The number of hydrazine groups is 1. The van der Waals surface area contributed by atoms with E-state index >= 15 is 0 Å². The molecule has 2 aromatic rings. The highest BCUT2D eigenvalue weighted by atomic mass is 32.1. The zero-order valence-electron chi connectivity index (χ0n) is 15.3. The summed E-state index contributed by atoms with van der Waals surface area (Å²) in [6, 6.07) is 16.6. The average molecular weight is 385 g/mol. The zero-order valence-corrected chi connectivity index (χ0v) is 16.1. The number of thiocarbonyl (C=S) groups is 1. The quantitative estimate of drug-likeness (QED) is 0.526. The minimum Gasteiger partial charge on any atom is -0.488 e. The van der Waals surface area contributed by atoms with E-state index in [0.29, 0.717) is 24.3 Å². The lowest BCUT2D eigenvalue weighted by molar-refractivity contribution is -0.120. The van der Waals surface area contributed by atoms with E-state index in [1.54, 1.807) is 24.3 Å². The number of hydrogen-bond acceptors (Lipinski definition) is 4. The SMILES string of the molecule is CC(C)CC(=O)NC(=S)NNC(=O)c1ccccc1OCc1ccccc1. The van der Waals surface area contributed by atoms with Crippen LogP contribution in [0.15, 0.2) is 54.6 Å². The molecule has 2 aromatic carbocycles. The topological polar surface area (TPSA) is 79.5 Å². The van der Waals surface area contributed by atoms with Crippen LogP contribution in [0.4, 0.5) is 0 Å². The lowest BCUT2D eigenvalue weighted by atomic mass is 10.1. The molecule has 0 saturated heterocycles. The van der Waals surface area contributed by atoms with Gasteiger partial charge in [0, 0.05) is 6.42 Å². The molecule has 0 spiro atoms. The maximum atomic E-state index is 12.4. The fourth-order valence-electron chi connectivity index (χ4n) is 2.28. The molecule has 2 rings (SSSR count). The molecule has 0 fully saturated rings. The van der Waals surface area contributed by atoms with Crippen LogP contribution in [0.25, 0.3) is 0 Å². The van der Waals surface area contributed by atoms with Crippen LogP contribution in [-0.4, -0.2) is 16.9 Å². The molecule has 7 heteroatoms. The van der Waals surface area contributed by atoms with Crippen LogP contribution in [0.2, 0.25) is 0 Å². The average Bonchev–Trinajstić information content (AvgIpc) is 2.65. The third-order valence-electron chi connectivity index (χ3n) is 3.51. The summed E-state index contributed by atoms with van der Waals surface area (Å²) in [5.41, 5.74) is 6.36. The van der Waals surface area contributed by atoms with Crippen molar-refractivity contribution in [3.8, 4) is 5.75 Å². The van der Waals surface area contributed by atoms with Crippen molar-refractivity contribution in [2.45, 2.75) is 26.9 Å². The van der Waals surface area contributed by atoms with Crippen LogP contribution in [0.3, 0.4) is 0 Å². The standard InChI is InChI=1S/C20H23N3O3S/c1-14(2)12-18(24)21-20(27)23-22-19(25)16-10-6-7-11-17(16)26-13-15-8-4-3-5-9-15/h3-11,14H,12-13H2,1-2H3,(H,22,25)(H2,21,23,24,27). The minimum atomic E-state index is -0.417. The third-order valence-corrected chi connectivity index (χ3v) is 3.71. The largest absolute Gasteiger partial charge is 0.488 e. The predicted molar refractivity (Wildman–Crippen MR) is 108 cm³/mol. The molecule has 0 bridgehead atoms. The summed E-state index contributed by atoms with van der Waals surface area (Å²) < 4.78 is 5.77.